The summed E-state index contributed by atoms with van der Waals surface area (Å²) >= 11 is 3.19. The van der Waals surface area contributed by atoms with Crippen molar-refractivity contribution in [2.75, 3.05) is 31.1 Å². The van der Waals surface area contributed by atoms with E-state index in [1.165, 1.54) is 11.0 Å². The van der Waals surface area contributed by atoms with Gasteiger partial charge in [0.2, 0.25) is 0 Å². The fraction of sp³-hybridized carbons (Fsp3) is 0.538. The van der Waals surface area contributed by atoms with E-state index in [2.05, 4.69) is 15.9 Å². The van der Waals surface area contributed by atoms with Crippen LogP contribution in [-0.4, -0.2) is 48.2 Å². The number of piperazine rings is 1. The summed E-state index contributed by atoms with van der Waals surface area (Å²) in [6.45, 7) is 1.60. The van der Waals surface area contributed by atoms with Crippen LogP contribution in [0.15, 0.2) is 22.7 Å². The summed E-state index contributed by atoms with van der Waals surface area (Å²) < 4.78 is 38.1. The highest BCUT2D eigenvalue weighted by atomic mass is 79.9. The summed E-state index contributed by atoms with van der Waals surface area (Å²) in [6, 6.07) is 4.38. The van der Waals surface area contributed by atoms with Crippen LogP contribution in [0.5, 0.6) is 0 Å². The van der Waals surface area contributed by atoms with Gasteiger partial charge in [-0.15, -0.1) is 0 Å². The lowest BCUT2D eigenvalue weighted by Crippen LogP contribution is -2.54. The van der Waals surface area contributed by atoms with E-state index in [9.17, 15) is 23.3 Å². The molecular formula is C13H15BrF3N3O2. The number of rotatable bonds is 3. The van der Waals surface area contributed by atoms with Gasteiger partial charge in [-0.3, -0.25) is 15.0 Å². The molecule has 0 saturated carbocycles. The van der Waals surface area contributed by atoms with Gasteiger partial charge in [0.05, 0.1) is 11.5 Å². The smallest absolute Gasteiger partial charge is 0.363 e. The second-order valence-electron chi connectivity index (χ2n) is 5.27. The summed E-state index contributed by atoms with van der Waals surface area (Å²) in [7, 11) is 0. The molecule has 1 saturated heterocycles. The molecule has 1 aromatic carbocycles. The van der Waals surface area contributed by atoms with Crippen LogP contribution in [0.3, 0.4) is 0 Å². The Bertz CT molecular complexity index is 568. The van der Waals surface area contributed by atoms with Gasteiger partial charge in [0.1, 0.15) is 5.69 Å². The van der Waals surface area contributed by atoms with Crippen LogP contribution in [0.2, 0.25) is 0 Å². The standard InChI is InChI=1S/C13H15BrF3N3O2/c1-9-7-18(4-5-19(9)8-13(15,16)17)11-3-2-10(14)6-12(11)20(21)22/h2-3,6,9H,4-5,7-8H2,1H3. The Labute approximate surface area is 134 Å². The van der Waals surface area contributed by atoms with E-state index in [4.69, 9.17) is 0 Å². The Balaban J connectivity index is 2.15. The van der Waals surface area contributed by atoms with Crippen molar-refractivity contribution in [3.63, 3.8) is 0 Å². The summed E-state index contributed by atoms with van der Waals surface area (Å²) in [6.07, 6.45) is -4.24. The molecule has 1 unspecified atom stereocenters. The molecule has 1 aliphatic rings. The average molecular weight is 382 g/mol. The van der Waals surface area contributed by atoms with E-state index in [0.29, 0.717) is 23.2 Å². The quantitative estimate of drug-likeness (QED) is 0.594. The molecule has 1 atom stereocenters. The van der Waals surface area contributed by atoms with Gasteiger partial charge in [-0.25, -0.2) is 0 Å². The van der Waals surface area contributed by atoms with Crippen LogP contribution in [0.4, 0.5) is 24.5 Å². The third kappa shape index (κ3) is 4.10. The second kappa shape index (κ2) is 6.41. The maximum absolute atomic E-state index is 12.5. The van der Waals surface area contributed by atoms with Crippen LogP contribution in [0.1, 0.15) is 6.92 Å². The Hall–Kier alpha value is -1.35. The second-order valence-corrected chi connectivity index (χ2v) is 6.19. The minimum atomic E-state index is -4.24. The van der Waals surface area contributed by atoms with E-state index in [1.807, 2.05) is 0 Å². The molecule has 1 aliphatic heterocycles. The van der Waals surface area contributed by atoms with E-state index in [-0.39, 0.29) is 18.3 Å². The van der Waals surface area contributed by atoms with Gasteiger partial charge in [-0.05, 0) is 19.1 Å². The topological polar surface area (TPSA) is 49.6 Å². The molecule has 0 radical (unpaired) electrons. The summed E-state index contributed by atoms with van der Waals surface area (Å²) in [5.74, 6) is 0. The van der Waals surface area contributed by atoms with Crippen molar-refractivity contribution < 1.29 is 18.1 Å². The van der Waals surface area contributed by atoms with Crippen molar-refractivity contribution in [1.29, 1.82) is 0 Å². The van der Waals surface area contributed by atoms with E-state index < -0.39 is 17.6 Å². The van der Waals surface area contributed by atoms with Gasteiger partial charge >= 0.3 is 6.18 Å². The van der Waals surface area contributed by atoms with Crippen LogP contribution in [-0.2, 0) is 0 Å². The van der Waals surface area contributed by atoms with Crippen molar-refractivity contribution in [3.05, 3.63) is 32.8 Å². The first kappa shape index (κ1) is 17.0. The van der Waals surface area contributed by atoms with Crippen molar-refractivity contribution in [3.8, 4) is 0 Å². The molecule has 2 rings (SSSR count). The van der Waals surface area contributed by atoms with Gasteiger partial charge in [0.25, 0.3) is 5.69 Å². The fourth-order valence-electron chi connectivity index (χ4n) is 2.59. The lowest BCUT2D eigenvalue weighted by molar-refractivity contribution is -0.384. The zero-order valence-corrected chi connectivity index (χ0v) is 13.4. The maximum Gasteiger partial charge on any atom is 0.401 e. The maximum atomic E-state index is 12.5. The molecule has 1 aromatic rings. The normalized spacial score (nSPS) is 20.2. The van der Waals surface area contributed by atoms with Crippen LogP contribution in [0, 0.1) is 10.1 Å². The molecule has 122 valence electrons. The highest BCUT2D eigenvalue weighted by Crippen LogP contribution is 2.33. The predicted molar refractivity (Wildman–Crippen MR) is 80.1 cm³/mol. The average Bonchev–Trinajstić information content (AvgIpc) is 2.39. The molecule has 0 aromatic heterocycles. The van der Waals surface area contributed by atoms with Crippen molar-refractivity contribution in [1.82, 2.24) is 4.90 Å². The number of hydrogen-bond acceptors (Lipinski definition) is 4. The van der Waals surface area contributed by atoms with Gasteiger partial charge < -0.3 is 4.90 Å². The largest absolute Gasteiger partial charge is 0.401 e. The number of benzene rings is 1. The lowest BCUT2D eigenvalue weighted by Gasteiger charge is -2.40. The molecule has 22 heavy (non-hydrogen) atoms. The summed E-state index contributed by atoms with van der Waals surface area (Å²) in [5.41, 5.74) is 0.387. The summed E-state index contributed by atoms with van der Waals surface area (Å²) in [4.78, 5) is 13.8. The highest BCUT2D eigenvalue weighted by molar-refractivity contribution is 9.10. The number of nitro groups is 1. The zero-order chi connectivity index (χ0) is 16.5. The fourth-order valence-corrected chi connectivity index (χ4v) is 2.94. The third-order valence-corrected chi connectivity index (χ3v) is 4.12. The van der Waals surface area contributed by atoms with Crippen molar-refractivity contribution in [2.24, 2.45) is 0 Å². The van der Waals surface area contributed by atoms with Crippen LogP contribution in [0.25, 0.3) is 0 Å². The minimum absolute atomic E-state index is 0.0501. The predicted octanol–water partition coefficient (Wildman–Crippen LogP) is 3.43. The molecule has 0 N–H and O–H groups in total. The molecule has 0 aliphatic carbocycles. The third-order valence-electron chi connectivity index (χ3n) is 3.62. The van der Waals surface area contributed by atoms with Gasteiger partial charge in [0, 0.05) is 36.2 Å². The zero-order valence-electron chi connectivity index (χ0n) is 11.8. The van der Waals surface area contributed by atoms with Gasteiger partial charge in [-0.2, -0.15) is 13.2 Å². The molecule has 0 bridgehead atoms. The molecule has 9 heteroatoms. The minimum Gasteiger partial charge on any atom is -0.363 e. The van der Waals surface area contributed by atoms with Gasteiger partial charge in [-0.1, -0.05) is 15.9 Å². The van der Waals surface area contributed by atoms with E-state index >= 15 is 0 Å². The SMILES string of the molecule is CC1CN(c2ccc(Br)cc2[N+](=O)[O-])CCN1CC(F)(F)F. The Kier molecular flexibility index (Phi) is 4.96. The molecule has 0 spiro atoms. The monoisotopic (exact) mass is 381 g/mol. The number of anilines is 1. The molecule has 0 amide bonds. The first-order valence-electron chi connectivity index (χ1n) is 6.67. The number of hydrogen-bond donors (Lipinski definition) is 0. The van der Waals surface area contributed by atoms with Gasteiger partial charge in [0.15, 0.2) is 0 Å². The molecular weight excluding hydrogens is 367 g/mol. The number of alkyl halides is 3. The van der Waals surface area contributed by atoms with E-state index in [0.717, 1.165) is 0 Å². The Morgan fingerprint density at radius 2 is 2.09 bits per heavy atom. The van der Waals surface area contributed by atoms with E-state index in [1.54, 1.807) is 24.0 Å². The van der Waals surface area contributed by atoms with Crippen LogP contribution >= 0.6 is 15.9 Å². The van der Waals surface area contributed by atoms with Crippen LogP contribution < -0.4 is 4.90 Å². The Morgan fingerprint density at radius 3 is 2.64 bits per heavy atom. The first-order chi connectivity index (χ1) is 10.2. The van der Waals surface area contributed by atoms with Crippen molar-refractivity contribution >= 4 is 27.3 Å². The molecule has 1 fully saturated rings. The van der Waals surface area contributed by atoms with Crippen molar-refractivity contribution in [2.45, 2.75) is 19.1 Å². The number of nitro benzene ring substituents is 1. The molecule has 5 nitrogen and oxygen atoms in total. The molecule has 1 heterocycles. The lowest BCUT2D eigenvalue weighted by atomic mass is 10.1. The highest BCUT2D eigenvalue weighted by Gasteiger charge is 2.36. The number of nitrogens with zero attached hydrogens (tertiary/aromatic N) is 3. The summed E-state index contributed by atoms with van der Waals surface area (Å²) in [5, 5.41) is 11.1. The number of halogens is 4. The first-order valence-corrected chi connectivity index (χ1v) is 7.46. The Morgan fingerprint density at radius 1 is 1.41 bits per heavy atom.